The predicted octanol–water partition coefficient (Wildman–Crippen LogP) is 3.13. The molecule has 0 spiro atoms. The Balaban J connectivity index is 1.51. The van der Waals surface area contributed by atoms with Gasteiger partial charge in [0.1, 0.15) is 5.01 Å². The summed E-state index contributed by atoms with van der Waals surface area (Å²) in [6.07, 6.45) is 0.590. The van der Waals surface area contributed by atoms with Crippen LogP contribution in [0.25, 0.3) is 10.6 Å². The fourth-order valence-electron chi connectivity index (χ4n) is 2.48. The number of rotatable bonds is 6. The van der Waals surface area contributed by atoms with Crippen LogP contribution in [0, 0.1) is 6.92 Å². The van der Waals surface area contributed by atoms with Crippen molar-refractivity contribution in [2.45, 2.75) is 18.2 Å². The molecule has 2 aromatic carbocycles. The van der Waals surface area contributed by atoms with Crippen molar-refractivity contribution in [2.24, 2.45) is 5.14 Å². The van der Waals surface area contributed by atoms with Crippen LogP contribution in [0.1, 0.15) is 11.3 Å². The topological polar surface area (TPSA) is 114 Å². The number of aryl methyl sites for hydroxylation is 1. The van der Waals surface area contributed by atoms with E-state index in [1.54, 1.807) is 17.4 Å². The Bertz CT molecular complexity index is 1080. The summed E-state index contributed by atoms with van der Waals surface area (Å²) in [5.41, 5.74) is 3.52. The number of carbonyl (C=O) groups is 1. The Morgan fingerprint density at radius 1 is 1.18 bits per heavy atom. The number of amides is 2. The molecule has 0 aliphatic heterocycles. The number of thiazole rings is 1. The maximum Gasteiger partial charge on any atom is 0.319 e. The zero-order valence-corrected chi connectivity index (χ0v) is 16.8. The second-order valence-electron chi connectivity index (χ2n) is 6.21. The highest BCUT2D eigenvalue weighted by Crippen LogP contribution is 2.24. The molecule has 0 radical (unpaired) electrons. The fraction of sp³-hybridized carbons (Fsp3) is 0.158. The lowest BCUT2D eigenvalue weighted by Crippen LogP contribution is -2.30. The smallest absolute Gasteiger partial charge is 0.319 e. The third-order valence-electron chi connectivity index (χ3n) is 3.94. The molecule has 1 aromatic heterocycles. The number of nitrogens with two attached hydrogens (primary N) is 1. The van der Waals surface area contributed by atoms with Crippen LogP contribution in [0.15, 0.2) is 58.8 Å². The molecule has 4 N–H and O–H groups in total. The summed E-state index contributed by atoms with van der Waals surface area (Å²) in [5, 5.41) is 13.3. The number of carbonyl (C=O) groups excluding carboxylic acids is 1. The molecule has 2 amide bonds. The minimum Gasteiger partial charge on any atom is -0.337 e. The van der Waals surface area contributed by atoms with E-state index in [-0.39, 0.29) is 4.90 Å². The molecule has 3 rings (SSSR count). The second-order valence-corrected chi connectivity index (χ2v) is 8.63. The number of hydrogen-bond acceptors (Lipinski definition) is 5. The van der Waals surface area contributed by atoms with Crippen LogP contribution in [-0.4, -0.2) is 26.0 Å². The first kappa shape index (κ1) is 20.0. The number of nitrogens with one attached hydrogen (secondary N) is 2. The van der Waals surface area contributed by atoms with Gasteiger partial charge in [-0.25, -0.2) is 23.3 Å². The number of benzene rings is 2. The van der Waals surface area contributed by atoms with Crippen molar-refractivity contribution in [2.75, 3.05) is 11.9 Å². The zero-order valence-electron chi connectivity index (χ0n) is 15.2. The van der Waals surface area contributed by atoms with E-state index in [4.69, 9.17) is 5.14 Å². The average Bonchev–Trinajstić information content (AvgIpc) is 3.11. The number of urea groups is 1. The fourth-order valence-corrected chi connectivity index (χ4v) is 3.90. The Kier molecular flexibility index (Phi) is 6.08. The van der Waals surface area contributed by atoms with Gasteiger partial charge in [-0.15, -0.1) is 11.3 Å². The van der Waals surface area contributed by atoms with Crippen LogP contribution >= 0.6 is 11.3 Å². The van der Waals surface area contributed by atoms with Crippen molar-refractivity contribution < 1.29 is 13.2 Å². The van der Waals surface area contributed by atoms with Gasteiger partial charge in [-0.3, -0.25) is 0 Å². The molecule has 1 heterocycles. The minimum absolute atomic E-state index is 0.0589. The minimum atomic E-state index is -3.82. The van der Waals surface area contributed by atoms with Gasteiger partial charge < -0.3 is 10.6 Å². The van der Waals surface area contributed by atoms with Crippen LogP contribution in [0.5, 0.6) is 0 Å². The third-order valence-corrected chi connectivity index (χ3v) is 5.79. The average molecular weight is 417 g/mol. The van der Waals surface area contributed by atoms with Crippen molar-refractivity contribution >= 4 is 33.1 Å². The molecule has 7 nitrogen and oxygen atoms in total. The zero-order chi connectivity index (χ0) is 20.1. The van der Waals surface area contributed by atoms with Gasteiger partial charge >= 0.3 is 6.03 Å². The first-order chi connectivity index (χ1) is 13.3. The van der Waals surface area contributed by atoms with Crippen molar-refractivity contribution in [3.8, 4) is 10.6 Å². The van der Waals surface area contributed by atoms with E-state index in [2.05, 4.69) is 15.6 Å². The van der Waals surface area contributed by atoms with Gasteiger partial charge in [-0.2, -0.15) is 0 Å². The Labute approximate surface area is 167 Å². The molecule has 0 saturated carbocycles. The monoisotopic (exact) mass is 416 g/mol. The van der Waals surface area contributed by atoms with E-state index in [0.29, 0.717) is 18.7 Å². The van der Waals surface area contributed by atoms with Crippen molar-refractivity contribution in [1.82, 2.24) is 10.3 Å². The lowest BCUT2D eigenvalue weighted by Gasteiger charge is -2.08. The van der Waals surface area contributed by atoms with Crippen molar-refractivity contribution in [3.63, 3.8) is 0 Å². The summed E-state index contributed by atoms with van der Waals surface area (Å²) in [4.78, 5) is 16.5. The van der Waals surface area contributed by atoms with E-state index >= 15 is 0 Å². The van der Waals surface area contributed by atoms with Gasteiger partial charge in [0, 0.05) is 29.6 Å². The lowest BCUT2D eigenvalue weighted by atomic mass is 10.2. The number of anilines is 1. The van der Waals surface area contributed by atoms with Crippen molar-refractivity contribution in [1.29, 1.82) is 0 Å². The molecule has 0 aliphatic rings. The maximum atomic E-state index is 12.0. The first-order valence-corrected chi connectivity index (χ1v) is 10.9. The van der Waals surface area contributed by atoms with Gasteiger partial charge in [0.25, 0.3) is 0 Å². The Morgan fingerprint density at radius 2 is 1.93 bits per heavy atom. The van der Waals surface area contributed by atoms with E-state index < -0.39 is 16.1 Å². The standard InChI is InChI=1S/C19H20N4O3S2/c1-13-5-7-14(8-6-13)18-22-16(12-27-18)9-10-21-19(24)23-15-3-2-4-17(11-15)28(20,25)26/h2-8,11-12H,9-10H2,1H3,(H2,20,25,26)(H2,21,23,24). The van der Waals surface area contributed by atoms with Crippen LogP contribution < -0.4 is 15.8 Å². The lowest BCUT2D eigenvalue weighted by molar-refractivity contribution is 0.252. The number of sulfonamides is 1. The highest BCUT2D eigenvalue weighted by Gasteiger charge is 2.10. The molecule has 0 unspecified atom stereocenters. The molecule has 146 valence electrons. The highest BCUT2D eigenvalue weighted by atomic mass is 32.2. The molecule has 28 heavy (non-hydrogen) atoms. The summed E-state index contributed by atoms with van der Waals surface area (Å²) in [7, 11) is -3.82. The summed E-state index contributed by atoms with van der Waals surface area (Å²) in [6, 6.07) is 13.5. The SMILES string of the molecule is Cc1ccc(-c2nc(CCNC(=O)Nc3cccc(S(N)(=O)=O)c3)cs2)cc1. The molecule has 0 bridgehead atoms. The predicted molar refractivity (Wildman–Crippen MR) is 111 cm³/mol. The molecule has 0 fully saturated rings. The van der Waals surface area contributed by atoms with Gasteiger partial charge in [0.2, 0.25) is 10.0 Å². The van der Waals surface area contributed by atoms with Crippen LogP contribution in [0.4, 0.5) is 10.5 Å². The van der Waals surface area contributed by atoms with E-state index in [9.17, 15) is 13.2 Å². The molecule has 0 saturated heterocycles. The largest absolute Gasteiger partial charge is 0.337 e. The van der Waals surface area contributed by atoms with Gasteiger partial charge in [0.15, 0.2) is 0 Å². The van der Waals surface area contributed by atoms with Crippen LogP contribution in [-0.2, 0) is 16.4 Å². The number of aromatic nitrogens is 1. The summed E-state index contributed by atoms with van der Waals surface area (Å²) < 4.78 is 22.7. The van der Waals surface area contributed by atoms with Crippen molar-refractivity contribution in [3.05, 3.63) is 65.2 Å². The van der Waals surface area contributed by atoms with E-state index in [1.165, 1.54) is 23.8 Å². The van der Waals surface area contributed by atoms with Crippen LogP contribution in [0.2, 0.25) is 0 Å². The normalized spacial score (nSPS) is 11.2. The first-order valence-electron chi connectivity index (χ1n) is 8.50. The number of hydrogen-bond donors (Lipinski definition) is 3. The third kappa shape index (κ3) is 5.38. The van der Waals surface area contributed by atoms with Gasteiger partial charge in [0.05, 0.1) is 10.6 Å². The Hall–Kier alpha value is -2.75. The molecule has 9 heteroatoms. The maximum absolute atomic E-state index is 12.0. The molecule has 0 aliphatic carbocycles. The quantitative estimate of drug-likeness (QED) is 0.573. The molecular weight excluding hydrogens is 396 g/mol. The molecular formula is C19H20N4O3S2. The van der Waals surface area contributed by atoms with Gasteiger partial charge in [-0.05, 0) is 25.1 Å². The summed E-state index contributed by atoms with van der Waals surface area (Å²) in [5.74, 6) is 0. The molecule has 3 aromatic rings. The van der Waals surface area contributed by atoms with Gasteiger partial charge in [-0.1, -0.05) is 35.9 Å². The van der Waals surface area contributed by atoms with Crippen LogP contribution in [0.3, 0.4) is 0 Å². The number of primary sulfonamides is 1. The summed E-state index contributed by atoms with van der Waals surface area (Å²) in [6.45, 7) is 2.44. The van der Waals surface area contributed by atoms with E-state index in [0.717, 1.165) is 16.3 Å². The van der Waals surface area contributed by atoms with E-state index in [1.807, 2.05) is 36.6 Å². The second kappa shape index (κ2) is 8.51. The summed E-state index contributed by atoms with van der Waals surface area (Å²) >= 11 is 1.57. The highest BCUT2D eigenvalue weighted by molar-refractivity contribution is 7.89. The molecule has 0 atom stereocenters. The number of nitrogens with zero attached hydrogens (tertiary/aromatic N) is 1. The Morgan fingerprint density at radius 3 is 2.64 bits per heavy atom.